The SMILES string of the molecule is O=S(=O)(c1ccc(Br)s1)N1CCn2nccc2C1. The normalized spacial score (nSPS) is 16.7. The molecule has 3 rings (SSSR count). The summed E-state index contributed by atoms with van der Waals surface area (Å²) in [5, 5.41) is 4.14. The molecule has 0 saturated heterocycles. The molecule has 0 bridgehead atoms. The lowest BCUT2D eigenvalue weighted by atomic mass is 10.3. The van der Waals surface area contributed by atoms with Crippen LogP contribution in [0.25, 0.3) is 0 Å². The van der Waals surface area contributed by atoms with Gasteiger partial charge in [-0.15, -0.1) is 11.3 Å². The Kier molecular flexibility index (Phi) is 3.05. The average Bonchev–Trinajstić information content (AvgIpc) is 2.96. The second kappa shape index (κ2) is 4.44. The fraction of sp³-hybridized carbons (Fsp3) is 0.300. The van der Waals surface area contributed by atoms with E-state index < -0.39 is 10.0 Å². The Balaban J connectivity index is 1.92. The van der Waals surface area contributed by atoms with Crippen molar-refractivity contribution in [2.45, 2.75) is 17.3 Å². The predicted octanol–water partition coefficient (Wildman–Crippen LogP) is 1.91. The van der Waals surface area contributed by atoms with E-state index in [1.165, 1.54) is 15.6 Å². The van der Waals surface area contributed by atoms with Crippen molar-refractivity contribution in [3.05, 3.63) is 33.9 Å². The van der Waals surface area contributed by atoms with Crippen LogP contribution < -0.4 is 0 Å². The molecule has 0 radical (unpaired) electrons. The van der Waals surface area contributed by atoms with E-state index in [-0.39, 0.29) is 0 Å². The van der Waals surface area contributed by atoms with Gasteiger partial charge in [0.15, 0.2) is 0 Å². The molecule has 2 aromatic heterocycles. The number of rotatable bonds is 2. The summed E-state index contributed by atoms with van der Waals surface area (Å²) in [5.74, 6) is 0. The standard InChI is InChI=1S/C10H10BrN3O2S2/c11-9-1-2-10(17-9)18(15,16)13-5-6-14-8(7-13)3-4-12-14/h1-4H,5-7H2. The number of aromatic nitrogens is 2. The largest absolute Gasteiger partial charge is 0.267 e. The van der Waals surface area contributed by atoms with Gasteiger partial charge >= 0.3 is 0 Å². The van der Waals surface area contributed by atoms with E-state index in [2.05, 4.69) is 21.0 Å². The second-order valence-electron chi connectivity index (χ2n) is 3.94. The van der Waals surface area contributed by atoms with Gasteiger partial charge in [0.25, 0.3) is 10.0 Å². The number of hydrogen-bond donors (Lipinski definition) is 0. The van der Waals surface area contributed by atoms with Crippen LogP contribution in [0.15, 0.2) is 32.4 Å². The first-order chi connectivity index (χ1) is 8.57. The third-order valence-corrected chi connectivity index (χ3v) is 6.78. The van der Waals surface area contributed by atoms with Gasteiger partial charge in [0.2, 0.25) is 0 Å². The third kappa shape index (κ3) is 2.03. The molecular weight excluding hydrogens is 338 g/mol. The number of sulfonamides is 1. The molecule has 0 unspecified atom stereocenters. The summed E-state index contributed by atoms with van der Waals surface area (Å²) >= 11 is 4.53. The van der Waals surface area contributed by atoms with Crippen LogP contribution in [-0.2, 0) is 23.1 Å². The van der Waals surface area contributed by atoms with Gasteiger partial charge in [0, 0.05) is 12.7 Å². The van der Waals surface area contributed by atoms with Gasteiger partial charge in [-0.05, 0) is 34.1 Å². The minimum Gasteiger partial charge on any atom is -0.267 e. The molecule has 18 heavy (non-hydrogen) atoms. The Bertz CT molecular complexity index is 677. The number of nitrogens with zero attached hydrogens (tertiary/aromatic N) is 3. The molecule has 0 N–H and O–H groups in total. The lowest BCUT2D eigenvalue weighted by Crippen LogP contribution is -2.38. The van der Waals surface area contributed by atoms with Crippen molar-refractivity contribution in [2.75, 3.05) is 6.54 Å². The summed E-state index contributed by atoms with van der Waals surface area (Å²) < 4.78 is 29.4. The summed E-state index contributed by atoms with van der Waals surface area (Å²) in [6, 6.07) is 5.24. The number of hydrogen-bond acceptors (Lipinski definition) is 4. The first kappa shape index (κ1) is 12.3. The summed E-state index contributed by atoms with van der Waals surface area (Å²) in [5.41, 5.74) is 0.931. The van der Waals surface area contributed by atoms with Crippen LogP contribution in [0.1, 0.15) is 5.69 Å². The quantitative estimate of drug-likeness (QED) is 0.833. The highest BCUT2D eigenvalue weighted by atomic mass is 79.9. The first-order valence-electron chi connectivity index (χ1n) is 5.33. The van der Waals surface area contributed by atoms with Gasteiger partial charge in [0.05, 0.1) is 22.6 Å². The van der Waals surface area contributed by atoms with E-state index in [4.69, 9.17) is 0 Å². The van der Waals surface area contributed by atoms with Gasteiger partial charge < -0.3 is 0 Å². The molecule has 0 aromatic carbocycles. The zero-order valence-corrected chi connectivity index (χ0v) is 12.5. The second-order valence-corrected chi connectivity index (χ2v) is 8.57. The molecule has 5 nitrogen and oxygen atoms in total. The van der Waals surface area contributed by atoms with Gasteiger partial charge in [-0.25, -0.2) is 8.42 Å². The fourth-order valence-electron chi connectivity index (χ4n) is 1.93. The molecule has 0 fully saturated rings. The summed E-state index contributed by atoms with van der Waals surface area (Å²) in [6.45, 7) is 1.46. The highest BCUT2D eigenvalue weighted by Gasteiger charge is 2.29. The van der Waals surface area contributed by atoms with Crippen LogP contribution in [0.3, 0.4) is 0 Å². The maximum Gasteiger partial charge on any atom is 0.253 e. The van der Waals surface area contributed by atoms with Crippen molar-refractivity contribution in [3.63, 3.8) is 0 Å². The van der Waals surface area contributed by atoms with Crippen molar-refractivity contribution < 1.29 is 8.42 Å². The van der Waals surface area contributed by atoms with Crippen LogP contribution in [0.2, 0.25) is 0 Å². The zero-order chi connectivity index (χ0) is 12.8. The van der Waals surface area contributed by atoms with Crippen LogP contribution in [0.5, 0.6) is 0 Å². The van der Waals surface area contributed by atoms with E-state index >= 15 is 0 Å². The monoisotopic (exact) mass is 347 g/mol. The fourth-order valence-corrected chi connectivity index (χ4v) is 5.50. The Hall–Kier alpha value is -0.700. The van der Waals surface area contributed by atoms with Crippen molar-refractivity contribution >= 4 is 37.3 Å². The Morgan fingerprint density at radius 1 is 1.28 bits per heavy atom. The molecule has 1 aliphatic heterocycles. The van der Waals surface area contributed by atoms with E-state index in [0.29, 0.717) is 23.8 Å². The van der Waals surface area contributed by atoms with E-state index in [0.717, 1.165) is 9.48 Å². The topological polar surface area (TPSA) is 55.2 Å². The lowest BCUT2D eigenvalue weighted by molar-refractivity contribution is 0.327. The van der Waals surface area contributed by atoms with Crippen molar-refractivity contribution in [1.82, 2.24) is 14.1 Å². The van der Waals surface area contributed by atoms with Crippen LogP contribution in [0, 0.1) is 0 Å². The first-order valence-corrected chi connectivity index (χ1v) is 8.38. The van der Waals surface area contributed by atoms with Crippen LogP contribution >= 0.6 is 27.3 Å². The zero-order valence-electron chi connectivity index (χ0n) is 9.28. The van der Waals surface area contributed by atoms with Crippen molar-refractivity contribution in [1.29, 1.82) is 0 Å². The molecule has 0 spiro atoms. The van der Waals surface area contributed by atoms with Gasteiger partial charge in [-0.1, -0.05) is 0 Å². The molecule has 1 aliphatic rings. The summed E-state index contributed by atoms with van der Waals surface area (Å²) in [6.07, 6.45) is 1.70. The van der Waals surface area contributed by atoms with E-state index in [1.807, 2.05) is 10.7 Å². The number of fused-ring (bicyclic) bond motifs is 1. The Labute approximate surface area is 117 Å². The summed E-state index contributed by atoms with van der Waals surface area (Å²) in [7, 11) is -3.38. The Morgan fingerprint density at radius 3 is 2.83 bits per heavy atom. The number of halogens is 1. The molecule has 0 saturated carbocycles. The summed E-state index contributed by atoms with van der Waals surface area (Å²) in [4.78, 5) is 0. The van der Waals surface area contributed by atoms with Gasteiger partial charge in [-0.3, -0.25) is 4.68 Å². The smallest absolute Gasteiger partial charge is 0.253 e. The third-order valence-electron chi connectivity index (χ3n) is 2.85. The molecule has 0 amide bonds. The predicted molar refractivity (Wildman–Crippen MR) is 71.8 cm³/mol. The highest BCUT2D eigenvalue weighted by molar-refractivity contribution is 9.11. The van der Waals surface area contributed by atoms with Crippen molar-refractivity contribution in [2.24, 2.45) is 0 Å². The van der Waals surface area contributed by atoms with Crippen LogP contribution in [0.4, 0.5) is 0 Å². The maximum absolute atomic E-state index is 12.4. The minimum atomic E-state index is -3.38. The van der Waals surface area contributed by atoms with Crippen LogP contribution in [-0.4, -0.2) is 29.0 Å². The molecule has 3 heterocycles. The van der Waals surface area contributed by atoms with Crippen molar-refractivity contribution in [3.8, 4) is 0 Å². The van der Waals surface area contributed by atoms with E-state index in [1.54, 1.807) is 18.3 Å². The van der Waals surface area contributed by atoms with Gasteiger partial charge in [0.1, 0.15) is 4.21 Å². The Morgan fingerprint density at radius 2 is 2.11 bits per heavy atom. The maximum atomic E-state index is 12.4. The van der Waals surface area contributed by atoms with E-state index in [9.17, 15) is 8.42 Å². The molecular formula is C10H10BrN3O2S2. The molecule has 2 aromatic rings. The lowest BCUT2D eigenvalue weighted by Gasteiger charge is -2.26. The minimum absolute atomic E-state index is 0.377. The molecule has 8 heteroatoms. The van der Waals surface area contributed by atoms with Gasteiger partial charge in [-0.2, -0.15) is 9.40 Å². The average molecular weight is 348 g/mol. The highest BCUT2D eigenvalue weighted by Crippen LogP contribution is 2.29. The molecule has 96 valence electrons. The molecule has 0 atom stereocenters. The number of thiophene rings is 1. The molecule has 0 aliphatic carbocycles.